The molecule has 0 fully saturated rings. The van der Waals surface area contributed by atoms with E-state index >= 15 is 0 Å². The topological polar surface area (TPSA) is 84.9 Å². The number of nitrogens with zero attached hydrogens (tertiary/aromatic N) is 1. The highest BCUT2D eigenvalue weighted by Crippen LogP contribution is 2.31. The van der Waals surface area contributed by atoms with E-state index in [1.54, 1.807) is 31.2 Å². The average molecular weight is 410 g/mol. The van der Waals surface area contributed by atoms with Crippen LogP contribution in [0.5, 0.6) is 5.75 Å². The number of hydrogen-bond donors (Lipinski definition) is 1. The van der Waals surface area contributed by atoms with Crippen molar-refractivity contribution in [3.8, 4) is 5.75 Å². The van der Waals surface area contributed by atoms with Crippen molar-refractivity contribution in [2.75, 3.05) is 23.4 Å². The molecule has 0 saturated carbocycles. The molecule has 30 heavy (non-hydrogen) atoms. The van der Waals surface area contributed by atoms with Crippen molar-refractivity contribution >= 4 is 29.2 Å². The number of carbonyl (C=O) groups excluding carboxylic acids is 3. The first kappa shape index (κ1) is 21.4. The first-order chi connectivity index (χ1) is 14.5. The highest BCUT2D eigenvalue weighted by molar-refractivity contribution is 6.05. The van der Waals surface area contributed by atoms with E-state index in [0.29, 0.717) is 24.4 Å². The summed E-state index contributed by atoms with van der Waals surface area (Å²) in [7, 11) is 0. The van der Waals surface area contributed by atoms with Crippen molar-refractivity contribution in [1.29, 1.82) is 0 Å². The number of carbonyl (C=O) groups is 3. The Labute approximate surface area is 176 Å². The Morgan fingerprint density at radius 2 is 1.87 bits per heavy atom. The summed E-state index contributed by atoms with van der Waals surface area (Å²) in [4.78, 5) is 38.6. The van der Waals surface area contributed by atoms with Crippen molar-refractivity contribution < 1.29 is 23.9 Å². The number of nitrogens with one attached hydrogen (secondary N) is 1. The molecule has 1 N–H and O–H groups in total. The third-order valence-corrected chi connectivity index (χ3v) is 4.86. The smallest absolute Gasteiger partial charge is 0.306 e. The van der Waals surface area contributed by atoms with E-state index in [1.165, 1.54) is 4.90 Å². The Hall–Kier alpha value is -3.35. The summed E-state index contributed by atoms with van der Waals surface area (Å²) in [6.07, 6.45) is 0.775. The van der Waals surface area contributed by atoms with Gasteiger partial charge >= 0.3 is 5.97 Å². The van der Waals surface area contributed by atoms with Crippen molar-refractivity contribution in [3.05, 3.63) is 54.1 Å². The molecule has 3 rings (SSSR count). The lowest BCUT2D eigenvalue weighted by molar-refractivity contribution is -0.148. The minimum absolute atomic E-state index is 0.142. The fourth-order valence-electron chi connectivity index (χ4n) is 3.50. The molecular formula is C23H26N2O5. The van der Waals surface area contributed by atoms with Crippen molar-refractivity contribution in [2.45, 2.75) is 39.2 Å². The van der Waals surface area contributed by atoms with E-state index < -0.39 is 5.97 Å². The monoisotopic (exact) mass is 410 g/mol. The fourth-order valence-corrected chi connectivity index (χ4v) is 3.50. The van der Waals surface area contributed by atoms with Gasteiger partial charge < -0.3 is 19.7 Å². The number of ether oxygens (including phenoxy) is 2. The maximum atomic E-state index is 12.8. The molecule has 7 nitrogen and oxygen atoms in total. The average Bonchev–Trinajstić information content (AvgIpc) is 2.85. The summed E-state index contributed by atoms with van der Waals surface area (Å²) in [6, 6.07) is 14.3. The molecule has 2 aromatic rings. The fraction of sp³-hybridized carbons (Fsp3) is 0.348. The maximum absolute atomic E-state index is 12.8. The van der Waals surface area contributed by atoms with E-state index in [9.17, 15) is 14.4 Å². The Bertz CT molecular complexity index is 927. The highest BCUT2D eigenvalue weighted by Gasteiger charge is 2.30. The maximum Gasteiger partial charge on any atom is 0.306 e. The largest absolute Gasteiger partial charge is 0.494 e. The summed E-state index contributed by atoms with van der Waals surface area (Å²) in [5, 5.41) is 2.80. The van der Waals surface area contributed by atoms with Crippen LogP contribution in [0.15, 0.2) is 48.5 Å². The van der Waals surface area contributed by atoms with Crippen LogP contribution in [0.2, 0.25) is 0 Å². The molecule has 0 saturated heterocycles. The number of benzene rings is 2. The van der Waals surface area contributed by atoms with E-state index in [-0.39, 0.29) is 37.3 Å². The zero-order valence-electron chi connectivity index (χ0n) is 17.2. The molecule has 2 amide bonds. The van der Waals surface area contributed by atoms with Crippen LogP contribution in [0.1, 0.15) is 32.3 Å². The van der Waals surface area contributed by atoms with Gasteiger partial charge in [0.15, 0.2) is 6.61 Å². The molecule has 1 aliphatic rings. The van der Waals surface area contributed by atoms with Crippen LogP contribution in [0.3, 0.4) is 0 Å². The number of amides is 2. The second-order valence-corrected chi connectivity index (χ2v) is 7.08. The molecule has 0 unspecified atom stereocenters. The van der Waals surface area contributed by atoms with Crippen LogP contribution < -0.4 is 15.0 Å². The van der Waals surface area contributed by atoms with Gasteiger partial charge in [-0.2, -0.15) is 0 Å². The second kappa shape index (κ2) is 9.91. The Balaban J connectivity index is 1.60. The number of para-hydroxylation sites is 3. The summed E-state index contributed by atoms with van der Waals surface area (Å²) in [6.45, 7) is 3.87. The zero-order chi connectivity index (χ0) is 21.5. The predicted octanol–water partition coefficient (Wildman–Crippen LogP) is 3.33. The Morgan fingerprint density at radius 3 is 2.67 bits per heavy atom. The van der Waals surface area contributed by atoms with Crippen molar-refractivity contribution in [1.82, 2.24) is 0 Å². The lowest BCUT2D eigenvalue weighted by atomic mass is 10.1. The SMILES string of the molecule is CCOc1ccccc1CCC(=O)OCC(=O)N1c2ccccc2NC(=O)C[C@H]1C. The van der Waals surface area contributed by atoms with Crippen LogP contribution >= 0.6 is 0 Å². The van der Waals surface area contributed by atoms with Gasteiger partial charge in [-0.1, -0.05) is 30.3 Å². The van der Waals surface area contributed by atoms with E-state index in [4.69, 9.17) is 9.47 Å². The van der Waals surface area contributed by atoms with Crippen LogP contribution in [-0.2, 0) is 25.5 Å². The minimum atomic E-state index is -0.459. The lowest BCUT2D eigenvalue weighted by Crippen LogP contribution is -2.41. The number of esters is 1. The summed E-state index contributed by atoms with van der Waals surface area (Å²) >= 11 is 0. The molecule has 2 aromatic carbocycles. The van der Waals surface area contributed by atoms with Crippen molar-refractivity contribution in [3.63, 3.8) is 0 Å². The first-order valence-corrected chi connectivity index (χ1v) is 10.1. The van der Waals surface area contributed by atoms with Crippen LogP contribution in [-0.4, -0.2) is 37.0 Å². The van der Waals surface area contributed by atoms with E-state index in [0.717, 1.165) is 11.3 Å². The molecule has 0 bridgehead atoms. The van der Waals surface area contributed by atoms with Gasteiger partial charge in [-0.05, 0) is 44.0 Å². The number of anilines is 2. The number of aryl methyl sites for hydroxylation is 1. The number of hydrogen-bond acceptors (Lipinski definition) is 5. The standard InChI is InChI=1S/C23H26N2O5/c1-3-29-20-11-7-4-8-17(20)12-13-23(28)30-15-22(27)25-16(2)14-21(26)24-18-9-5-6-10-19(18)25/h4-11,16H,3,12-15H2,1-2H3,(H,24,26)/t16-/m1/s1. The predicted molar refractivity (Wildman–Crippen MR) is 114 cm³/mol. The molecule has 7 heteroatoms. The van der Waals surface area contributed by atoms with Crippen molar-refractivity contribution in [2.24, 2.45) is 0 Å². The number of rotatable bonds is 7. The molecule has 158 valence electrons. The molecule has 0 aliphatic carbocycles. The molecular weight excluding hydrogens is 384 g/mol. The van der Waals surface area contributed by atoms with Gasteiger partial charge in [0, 0.05) is 18.9 Å². The molecule has 0 spiro atoms. The summed E-state index contributed by atoms with van der Waals surface area (Å²) < 4.78 is 10.8. The Kier molecular flexibility index (Phi) is 7.06. The summed E-state index contributed by atoms with van der Waals surface area (Å²) in [5.74, 6) is -0.236. The zero-order valence-corrected chi connectivity index (χ0v) is 17.2. The quantitative estimate of drug-likeness (QED) is 0.708. The third-order valence-electron chi connectivity index (χ3n) is 4.86. The van der Waals surface area contributed by atoms with Gasteiger partial charge in [0.25, 0.3) is 5.91 Å². The van der Waals surface area contributed by atoms with E-state index in [2.05, 4.69) is 5.32 Å². The molecule has 1 heterocycles. The Morgan fingerprint density at radius 1 is 1.13 bits per heavy atom. The normalized spacial score (nSPS) is 15.6. The van der Waals surface area contributed by atoms with Crippen LogP contribution in [0.25, 0.3) is 0 Å². The third kappa shape index (κ3) is 5.17. The molecule has 1 aliphatic heterocycles. The van der Waals surface area contributed by atoms with Crippen LogP contribution in [0, 0.1) is 0 Å². The van der Waals surface area contributed by atoms with Gasteiger partial charge in [0.1, 0.15) is 5.75 Å². The first-order valence-electron chi connectivity index (χ1n) is 10.1. The van der Waals surface area contributed by atoms with Gasteiger partial charge in [0.2, 0.25) is 5.91 Å². The van der Waals surface area contributed by atoms with Gasteiger partial charge in [-0.25, -0.2) is 0 Å². The van der Waals surface area contributed by atoms with E-state index in [1.807, 2.05) is 31.2 Å². The van der Waals surface area contributed by atoms with Crippen LogP contribution in [0.4, 0.5) is 11.4 Å². The van der Waals surface area contributed by atoms with Gasteiger partial charge in [-0.15, -0.1) is 0 Å². The molecule has 0 radical (unpaired) electrons. The lowest BCUT2D eigenvalue weighted by Gasteiger charge is -2.27. The van der Waals surface area contributed by atoms with Gasteiger partial charge in [-0.3, -0.25) is 14.4 Å². The van der Waals surface area contributed by atoms with Gasteiger partial charge in [0.05, 0.1) is 18.0 Å². The molecule has 1 atom stereocenters. The second-order valence-electron chi connectivity index (χ2n) is 7.08. The summed E-state index contributed by atoms with van der Waals surface area (Å²) in [5.41, 5.74) is 2.09. The molecule has 0 aromatic heterocycles. The minimum Gasteiger partial charge on any atom is -0.494 e. The highest BCUT2D eigenvalue weighted by atomic mass is 16.5. The number of fused-ring (bicyclic) bond motifs is 1.